The van der Waals surface area contributed by atoms with E-state index in [0.29, 0.717) is 5.56 Å². The van der Waals surface area contributed by atoms with Gasteiger partial charge in [0.25, 0.3) is 0 Å². The summed E-state index contributed by atoms with van der Waals surface area (Å²) in [6, 6.07) is 7.46. The molecule has 0 aliphatic rings. The Morgan fingerprint density at radius 3 is 2.71 bits per heavy atom. The largest absolute Gasteiger partial charge is 0.295 e. The number of benzene rings is 1. The fraction of sp³-hybridized carbons (Fsp3) is 0.167. The predicted octanol–water partition coefficient (Wildman–Crippen LogP) is 2.47. The summed E-state index contributed by atoms with van der Waals surface area (Å²) in [5, 5.41) is 8.65. The second kappa shape index (κ2) is 4.38. The van der Waals surface area contributed by atoms with Crippen LogP contribution in [0.15, 0.2) is 24.3 Å². The van der Waals surface area contributed by atoms with Gasteiger partial charge >= 0.3 is 0 Å². The van der Waals surface area contributed by atoms with E-state index in [4.69, 9.17) is 5.26 Å². The highest BCUT2D eigenvalue weighted by Gasteiger charge is 1.96. The van der Waals surface area contributed by atoms with Crippen molar-refractivity contribution in [3.05, 3.63) is 41.0 Å². The van der Waals surface area contributed by atoms with Crippen LogP contribution >= 0.6 is 0 Å². The van der Waals surface area contributed by atoms with Crippen molar-refractivity contribution in [2.24, 2.45) is 0 Å². The molecule has 0 N–H and O–H groups in total. The number of carbonyl (C=O) groups is 1. The Morgan fingerprint density at radius 1 is 1.50 bits per heavy atom. The summed E-state index contributed by atoms with van der Waals surface area (Å²) in [7, 11) is 0. The standard InChI is InChI=1S/C12H11NO/c1-9-7-11(8-13)4-6-12(9)5-3-10(2)14/h3-7H,1-2H3/b5-3-. The molecule has 1 rings (SSSR count). The van der Waals surface area contributed by atoms with Gasteiger partial charge in [0, 0.05) is 0 Å². The summed E-state index contributed by atoms with van der Waals surface area (Å²) >= 11 is 0. The third-order valence-corrected chi connectivity index (χ3v) is 1.90. The van der Waals surface area contributed by atoms with Crippen molar-refractivity contribution in [3.8, 4) is 6.07 Å². The van der Waals surface area contributed by atoms with Crippen molar-refractivity contribution in [1.29, 1.82) is 5.26 Å². The Morgan fingerprint density at radius 2 is 2.21 bits per heavy atom. The van der Waals surface area contributed by atoms with Crippen LogP contribution in [0.3, 0.4) is 0 Å². The van der Waals surface area contributed by atoms with E-state index in [1.807, 2.05) is 13.0 Å². The van der Waals surface area contributed by atoms with Crippen molar-refractivity contribution >= 4 is 11.9 Å². The van der Waals surface area contributed by atoms with Crippen LogP contribution in [0.25, 0.3) is 6.08 Å². The highest BCUT2D eigenvalue weighted by atomic mass is 16.1. The molecular weight excluding hydrogens is 174 g/mol. The number of hydrogen-bond acceptors (Lipinski definition) is 2. The van der Waals surface area contributed by atoms with E-state index < -0.39 is 0 Å². The average molecular weight is 185 g/mol. The van der Waals surface area contributed by atoms with E-state index >= 15 is 0 Å². The molecule has 2 nitrogen and oxygen atoms in total. The van der Waals surface area contributed by atoms with Crippen LogP contribution in [0.4, 0.5) is 0 Å². The summed E-state index contributed by atoms with van der Waals surface area (Å²) in [6.07, 6.45) is 3.28. The Hall–Kier alpha value is -1.88. The lowest BCUT2D eigenvalue weighted by molar-refractivity contribution is -0.112. The summed E-state index contributed by atoms with van der Waals surface area (Å²) in [6.45, 7) is 3.43. The molecule has 0 atom stereocenters. The lowest BCUT2D eigenvalue weighted by Crippen LogP contribution is -1.85. The number of hydrogen-bond donors (Lipinski definition) is 0. The fourth-order valence-electron chi connectivity index (χ4n) is 1.14. The number of nitriles is 1. The molecule has 0 bridgehead atoms. The lowest BCUT2D eigenvalue weighted by Gasteiger charge is -1.99. The molecular formula is C12H11NO. The number of nitrogens with zero attached hydrogens (tertiary/aromatic N) is 1. The first-order valence-electron chi connectivity index (χ1n) is 4.33. The first kappa shape index (κ1) is 10.2. The van der Waals surface area contributed by atoms with E-state index in [-0.39, 0.29) is 5.78 Å². The Balaban J connectivity index is 3.02. The topological polar surface area (TPSA) is 40.9 Å². The maximum absolute atomic E-state index is 10.7. The van der Waals surface area contributed by atoms with E-state index in [1.165, 1.54) is 13.0 Å². The average Bonchev–Trinajstić information content (AvgIpc) is 2.15. The van der Waals surface area contributed by atoms with Crippen LogP contribution in [0.5, 0.6) is 0 Å². The van der Waals surface area contributed by atoms with E-state index in [1.54, 1.807) is 18.2 Å². The smallest absolute Gasteiger partial charge is 0.152 e. The zero-order valence-electron chi connectivity index (χ0n) is 8.24. The van der Waals surface area contributed by atoms with Crippen molar-refractivity contribution in [3.63, 3.8) is 0 Å². The van der Waals surface area contributed by atoms with Crippen LogP contribution in [-0.4, -0.2) is 5.78 Å². The van der Waals surface area contributed by atoms with Crippen molar-refractivity contribution in [2.75, 3.05) is 0 Å². The maximum atomic E-state index is 10.7. The normalized spacial score (nSPS) is 10.1. The van der Waals surface area contributed by atoms with E-state index in [2.05, 4.69) is 6.07 Å². The molecule has 14 heavy (non-hydrogen) atoms. The maximum Gasteiger partial charge on any atom is 0.152 e. The minimum Gasteiger partial charge on any atom is -0.295 e. The van der Waals surface area contributed by atoms with Crippen molar-refractivity contribution in [1.82, 2.24) is 0 Å². The molecule has 0 heterocycles. The Kier molecular flexibility index (Phi) is 3.19. The van der Waals surface area contributed by atoms with Crippen molar-refractivity contribution < 1.29 is 4.79 Å². The summed E-state index contributed by atoms with van der Waals surface area (Å²) in [5.41, 5.74) is 2.61. The SMILES string of the molecule is CC(=O)/C=C\c1ccc(C#N)cc1C. The summed E-state index contributed by atoms with van der Waals surface area (Å²) in [4.78, 5) is 10.7. The summed E-state index contributed by atoms with van der Waals surface area (Å²) in [5.74, 6) is 0.0220. The number of carbonyl (C=O) groups excluding carboxylic acids is 1. The van der Waals surface area contributed by atoms with Gasteiger partial charge < -0.3 is 0 Å². The van der Waals surface area contributed by atoms with Crippen LogP contribution in [0, 0.1) is 18.3 Å². The van der Waals surface area contributed by atoms with Gasteiger partial charge in [-0.3, -0.25) is 4.79 Å². The van der Waals surface area contributed by atoms with E-state index in [9.17, 15) is 4.79 Å². The number of allylic oxidation sites excluding steroid dienone is 1. The van der Waals surface area contributed by atoms with E-state index in [0.717, 1.165) is 11.1 Å². The molecule has 0 aliphatic heterocycles. The molecule has 1 aromatic carbocycles. The molecule has 0 aliphatic carbocycles. The van der Waals surface area contributed by atoms with Gasteiger partial charge in [-0.25, -0.2) is 0 Å². The summed E-state index contributed by atoms with van der Waals surface area (Å²) < 4.78 is 0. The third-order valence-electron chi connectivity index (χ3n) is 1.90. The van der Waals surface area contributed by atoms with Crippen LogP contribution in [-0.2, 0) is 4.79 Å². The molecule has 0 aromatic heterocycles. The van der Waals surface area contributed by atoms with Gasteiger partial charge in [-0.15, -0.1) is 0 Å². The number of ketones is 1. The zero-order valence-corrected chi connectivity index (χ0v) is 8.24. The molecule has 1 aromatic rings. The highest BCUT2D eigenvalue weighted by molar-refractivity contribution is 5.91. The highest BCUT2D eigenvalue weighted by Crippen LogP contribution is 2.12. The predicted molar refractivity (Wildman–Crippen MR) is 55.6 cm³/mol. The first-order chi connectivity index (χ1) is 6.63. The molecule has 0 amide bonds. The van der Waals surface area contributed by atoms with Gasteiger partial charge in [-0.1, -0.05) is 12.1 Å². The number of aryl methyl sites for hydroxylation is 1. The molecule has 0 spiro atoms. The van der Waals surface area contributed by atoms with Gasteiger partial charge in [0.05, 0.1) is 11.6 Å². The monoisotopic (exact) mass is 185 g/mol. The fourth-order valence-corrected chi connectivity index (χ4v) is 1.14. The van der Waals surface area contributed by atoms with Gasteiger partial charge in [-0.2, -0.15) is 5.26 Å². The number of rotatable bonds is 2. The zero-order chi connectivity index (χ0) is 10.6. The molecule has 0 unspecified atom stereocenters. The minimum absolute atomic E-state index is 0.0220. The van der Waals surface area contributed by atoms with Gasteiger partial charge in [0.15, 0.2) is 5.78 Å². The third kappa shape index (κ3) is 2.56. The van der Waals surface area contributed by atoms with Gasteiger partial charge in [0.2, 0.25) is 0 Å². The quantitative estimate of drug-likeness (QED) is 0.664. The molecule has 2 heteroatoms. The van der Waals surface area contributed by atoms with Gasteiger partial charge in [-0.05, 0) is 43.2 Å². The second-order valence-corrected chi connectivity index (χ2v) is 3.13. The lowest BCUT2D eigenvalue weighted by atomic mass is 10.1. The van der Waals surface area contributed by atoms with Gasteiger partial charge in [0.1, 0.15) is 0 Å². The molecule has 70 valence electrons. The molecule has 0 saturated heterocycles. The second-order valence-electron chi connectivity index (χ2n) is 3.13. The van der Waals surface area contributed by atoms with Crippen molar-refractivity contribution in [2.45, 2.75) is 13.8 Å². The molecule has 0 saturated carbocycles. The minimum atomic E-state index is 0.0220. The Labute approximate surface area is 83.5 Å². The van der Waals surface area contributed by atoms with Crippen LogP contribution in [0.2, 0.25) is 0 Å². The van der Waals surface area contributed by atoms with Crippen LogP contribution < -0.4 is 0 Å². The first-order valence-corrected chi connectivity index (χ1v) is 4.33. The Bertz CT molecular complexity index is 424. The molecule has 0 radical (unpaired) electrons. The van der Waals surface area contributed by atoms with Crippen LogP contribution in [0.1, 0.15) is 23.6 Å². The molecule has 0 fully saturated rings.